The van der Waals surface area contributed by atoms with E-state index < -0.39 is 17.5 Å². The fourth-order valence-electron chi connectivity index (χ4n) is 4.06. The van der Waals surface area contributed by atoms with Gasteiger partial charge in [-0.1, -0.05) is 6.92 Å². The minimum Gasteiger partial charge on any atom is -0.343 e. The van der Waals surface area contributed by atoms with Crippen molar-refractivity contribution in [1.82, 2.24) is 15.1 Å². The summed E-state index contributed by atoms with van der Waals surface area (Å²) >= 11 is 0. The van der Waals surface area contributed by atoms with Crippen LogP contribution >= 0.6 is 0 Å². The van der Waals surface area contributed by atoms with Crippen LogP contribution in [0.25, 0.3) is 0 Å². The smallest absolute Gasteiger partial charge is 0.251 e. The van der Waals surface area contributed by atoms with Gasteiger partial charge in [-0.2, -0.15) is 0 Å². The number of nitrogens with zero attached hydrogens (tertiary/aromatic N) is 2. The highest BCUT2D eigenvalue weighted by atomic mass is 19.2. The summed E-state index contributed by atoms with van der Waals surface area (Å²) < 4.78 is 26.2. The summed E-state index contributed by atoms with van der Waals surface area (Å²) in [4.78, 5) is 28.9. The van der Waals surface area contributed by atoms with Crippen LogP contribution in [0.2, 0.25) is 0 Å². The molecular weight excluding hydrogens is 364 g/mol. The van der Waals surface area contributed by atoms with Crippen LogP contribution in [-0.2, 0) is 4.79 Å². The number of hydrogen-bond donors (Lipinski definition) is 1. The van der Waals surface area contributed by atoms with Gasteiger partial charge in [0.1, 0.15) is 0 Å². The Labute approximate surface area is 165 Å². The molecule has 7 heteroatoms. The van der Waals surface area contributed by atoms with Crippen LogP contribution in [0.5, 0.6) is 0 Å². The molecule has 2 aliphatic heterocycles. The molecule has 0 radical (unpaired) electrons. The van der Waals surface area contributed by atoms with Gasteiger partial charge < -0.3 is 15.1 Å². The van der Waals surface area contributed by atoms with Crippen molar-refractivity contribution >= 4 is 11.8 Å². The first-order valence-electron chi connectivity index (χ1n) is 10.2. The lowest BCUT2D eigenvalue weighted by Gasteiger charge is -2.37. The molecule has 1 aromatic rings. The van der Waals surface area contributed by atoms with Crippen molar-refractivity contribution in [2.45, 2.75) is 32.6 Å². The molecule has 2 heterocycles. The molecule has 5 nitrogen and oxygen atoms in total. The number of carbonyl (C=O) groups is 2. The fourth-order valence-corrected chi connectivity index (χ4v) is 4.06. The van der Waals surface area contributed by atoms with Gasteiger partial charge in [0.25, 0.3) is 5.91 Å². The summed E-state index contributed by atoms with van der Waals surface area (Å²) in [5.41, 5.74) is 0.00236. The standard InChI is InChI=1S/C21H29F2N3O2/c1-15-6-9-25(10-7-15)13-16-3-2-8-26(14-16)20(27)12-24-21(28)17-4-5-18(22)19(23)11-17/h4-5,11,15-16H,2-3,6-10,12-14H2,1H3,(H,24,28). The highest BCUT2D eigenvalue weighted by Crippen LogP contribution is 2.22. The summed E-state index contributed by atoms with van der Waals surface area (Å²) in [5.74, 6) is -1.52. The number of rotatable bonds is 5. The van der Waals surface area contributed by atoms with Crippen molar-refractivity contribution in [3.05, 3.63) is 35.4 Å². The zero-order valence-corrected chi connectivity index (χ0v) is 16.4. The molecule has 28 heavy (non-hydrogen) atoms. The topological polar surface area (TPSA) is 52.6 Å². The quantitative estimate of drug-likeness (QED) is 0.837. The maximum absolute atomic E-state index is 13.3. The Hall–Kier alpha value is -2.02. The highest BCUT2D eigenvalue weighted by molar-refractivity contribution is 5.96. The van der Waals surface area contributed by atoms with E-state index in [0.717, 1.165) is 50.5 Å². The molecule has 1 atom stereocenters. The highest BCUT2D eigenvalue weighted by Gasteiger charge is 2.26. The molecule has 2 fully saturated rings. The fraction of sp³-hybridized carbons (Fsp3) is 0.619. The zero-order valence-electron chi connectivity index (χ0n) is 16.4. The van der Waals surface area contributed by atoms with E-state index in [-0.39, 0.29) is 18.0 Å². The molecule has 0 aliphatic carbocycles. The Balaban J connectivity index is 1.45. The Morgan fingerprint density at radius 2 is 1.86 bits per heavy atom. The average molecular weight is 393 g/mol. The Kier molecular flexibility index (Phi) is 6.99. The number of hydrogen-bond acceptors (Lipinski definition) is 3. The van der Waals surface area contributed by atoms with Crippen molar-refractivity contribution in [2.24, 2.45) is 11.8 Å². The van der Waals surface area contributed by atoms with Gasteiger partial charge in [-0.05, 0) is 68.8 Å². The van der Waals surface area contributed by atoms with E-state index in [9.17, 15) is 18.4 Å². The lowest BCUT2D eigenvalue weighted by atomic mass is 9.94. The number of carbonyl (C=O) groups excluding carboxylic acids is 2. The van der Waals surface area contributed by atoms with Crippen molar-refractivity contribution in [3.8, 4) is 0 Å². The van der Waals surface area contributed by atoms with E-state index in [1.165, 1.54) is 18.9 Å². The molecule has 3 rings (SSSR count). The van der Waals surface area contributed by atoms with E-state index in [4.69, 9.17) is 0 Å². The predicted octanol–water partition coefficient (Wildman–Crippen LogP) is 2.67. The minimum atomic E-state index is -1.08. The summed E-state index contributed by atoms with van der Waals surface area (Å²) in [6, 6.07) is 2.95. The number of halogens is 2. The Morgan fingerprint density at radius 3 is 2.57 bits per heavy atom. The second-order valence-electron chi connectivity index (χ2n) is 8.14. The number of piperidine rings is 2. The van der Waals surface area contributed by atoms with Gasteiger partial charge in [0.15, 0.2) is 11.6 Å². The number of amides is 2. The Bertz CT molecular complexity index is 705. The molecule has 0 bridgehead atoms. The summed E-state index contributed by atoms with van der Waals surface area (Å²) in [7, 11) is 0. The van der Waals surface area contributed by atoms with Crippen LogP contribution in [0.1, 0.15) is 43.0 Å². The molecule has 154 valence electrons. The number of likely N-dealkylation sites (tertiary alicyclic amines) is 2. The molecule has 0 spiro atoms. The van der Waals surface area contributed by atoms with Gasteiger partial charge in [0, 0.05) is 25.2 Å². The first-order chi connectivity index (χ1) is 13.4. The maximum atomic E-state index is 13.3. The average Bonchev–Trinajstić information content (AvgIpc) is 2.70. The van der Waals surface area contributed by atoms with E-state index in [0.29, 0.717) is 19.0 Å². The third-order valence-corrected chi connectivity index (χ3v) is 5.85. The van der Waals surface area contributed by atoms with E-state index >= 15 is 0 Å². The van der Waals surface area contributed by atoms with Crippen molar-refractivity contribution in [2.75, 3.05) is 39.3 Å². The van der Waals surface area contributed by atoms with Gasteiger partial charge >= 0.3 is 0 Å². The molecule has 1 N–H and O–H groups in total. The summed E-state index contributed by atoms with van der Waals surface area (Å²) in [6.07, 6.45) is 4.57. The molecule has 1 aromatic carbocycles. The van der Waals surface area contributed by atoms with Crippen LogP contribution in [-0.4, -0.2) is 60.9 Å². The van der Waals surface area contributed by atoms with Crippen molar-refractivity contribution in [1.29, 1.82) is 0 Å². The first-order valence-corrected chi connectivity index (χ1v) is 10.2. The Morgan fingerprint density at radius 1 is 1.11 bits per heavy atom. The van der Waals surface area contributed by atoms with Gasteiger partial charge in [-0.3, -0.25) is 9.59 Å². The van der Waals surface area contributed by atoms with Crippen LogP contribution in [0, 0.1) is 23.5 Å². The third-order valence-electron chi connectivity index (χ3n) is 5.85. The molecular formula is C21H29F2N3O2. The van der Waals surface area contributed by atoms with E-state index in [1.54, 1.807) is 0 Å². The van der Waals surface area contributed by atoms with Gasteiger partial charge in [-0.15, -0.1) is 0 Å². The molecule has 2 saturated heterocycles. The van der Waals surface area contributed by atoms with Gasteiger partial charge in [-0.25, -0.2) is 8.78 Å². The minimum absolute atomic E-state index is 0.00236. The van der Waals surface area contributed by atoms with Crippen molar-refractivity contribution < 1.29 is 18.4 Å². The second-order valence-corrected chi connectivity index (χ2v) is 8.14. The third kappa shape index (κ3) is 5.50. The molecule has 0 aromatic heterocycles. The summed E-state index contributed by atoms with van der Waals surface area (Å²) in [6.45, 7) is 6.88. The molecule has 1 unspecified atom stereocenters. The van der Waals surface area contributed by atoms with E-state index in [2.05, 4.69) is 17.1 Å². The number of nitrogens with one attached hydrogen (secondary N) is 1. The lowest BCUT2D eigenvalue weighted by Crippen LogP contribution is -2.48. The maximum Gasteiger partial charge on any atom is 0.251 e. The van der Waals surface area contributed by atoms with Crippen LogP contribution in [0.4, 0.5) is 8.78 Å². The predicted molar refractivity (Wildman–Crippen MR) is 103 cm³/mol. The SMILES string of the molecule is CC1CCN(CC2CCCN(C(=O)CNC(=O)c3ccc(F)c(F)c3)C2)CC1. The van der Waals surface area contributed by atoms with Crippen molar-refractivity contribution in [3.63, 3.8) is 0 Å². The van der Waals surface area contributed by atoms with Crippen LogP contribution < -0.4 is 5.32 Å². The normalized spacial score (nSPS) is 21.5. The zero-order chi connectivity index (χ0) is 20.1. The second kappa shape index (κ2) is 9.45. The lowest BCUT2D eigenvalue weighted by molar-refractivity contribution is -0.132. The summed E-state index contributed by atoms with van der Waals surface area (Å²) in [5, 5.41) is 2.51. The molecule has 2 amide bonds. The van der Waals surface area contributed by atoms with Gasteiger partial charge in [0.2, 0.25) is 5.91 Å². The molecule has 0 saturated carbocycles. The van der Waals surface area contributed by atoms with E-state index in [1.807, 2.05) is 4.90 Å². The molecule has 2 aliphatic rings. The largest absolute Gasteiger partial charge is 0.343 e. The van der Waals surface area contributed by atoms with Gasteiger partial charge in [0.05, 0.1) is 6.54 Å². The number of benzene rings is 1. The monoisotopic (exact) mass is 393 g/mol. The van der Waals surface area contributed by atoms with Crippen LogP contribution in [0.3, 0.4) is 0 Å². The van der Waals surface area contributed by atoms with Crippen LogP contribution in [0.15, 0.2) is 18.2 Å². The first kappa shape index (κ1) is 20.7.